The van der Waals surface area contributed by atoms with Crippen molar-refractivity contribution in [1.29, 1.82) is 0 Å². The van der Waals surface area contributed by atoms with Crippen LogP contribution in [0.15, 0.2) is 24.3 Å². The second-order valence-electron chi connectivity index (χ2n) is 6.50. The lowest BCUT2D eigenvalue weighted by atomic mass is 10.00. The Hall–Kier alpha value is -2.08. The average molecular weight is 333 g/mol. The molecule has 130 valence electrons. The zero-order chi connectivity index (χ0) is 17.3. The van der Waals surface area contributed by atoms with Crippen molar-refractivity contribution in [3.05, 3.63) is 29.8 Å². The second-order valence-corrected chi connectivity index (χ2v) is 6.50. The van der Waals surface area contributed by atoms with Crippen molar-refractivity contribution in [3.63, 3.8) is 0 Å². The van der Waals surface area contributed by atoms with Crippen LogP contribution in [-0.4, -0.2) is 55.3 Å². The van der Waals surface area contributed by atoms with Gasteiger partial charge in [0.15, 0.2) is 0 Å². The quantitative estimate of drug-likeness (QED) is 0.786. The zero-order valence-corrected chi connectivity index (χ0v) is 14.2. The van der Waals surface area contributed by atoms with Crippen LogP contribution < -0.4 is 4.74 Å². The summed E-state index contributed by atoms with van der Waals surface area (Å²) < 4.78 is 16.2. The van der Waals surface area contributed by atoms with Gasteiger partial charge in [0.1, 0.15) is 18.0 Å². The van der Waals surface area contributed by atoms with E-state index in [2.05, 4.69) is 4.90 Å². The van der Waals surface area contributed by atoms with Gasteiger partial charge in [-0.05, 0) is 31.3 Å². The smallest absolute Gasteiger partial charge is 0.338 e. The fourth-order valence-corrected chi connectivity index (χ4v) is 3.76. The van der Waals surface area contributed by atoms with Crippen molar-refractivity contribution in [2.45, 2.75) is 50.5 Å². The molecule has 3 rings (SSSR count). The number of fused-ring (bicyclic) bond motifs is 2. The van der Waals surface area contributed by atoms with Crippen LogP contribution in [0.1, 0.15) is 36.5 Å². The number of piperidine rings is 1. The molecule has 0 radical (unpaired) electrons. The maximum atomic E-state index is 12.3. The molecule has 2 fully saturated rings. The molecule has 0 amide bonds. The van der Waals surface area contributed by atoms with Crippen LogP contribution in [0, 0.1) is 0 Å². The Morgan fingerprint density at radius 1 is 1.08 bits per heavy atom. The third kappa shape index (κ3) is 3.38. The summed E-state index contributed by atoms with van der Waals surface area (Å²) in [6, 6.07) is 7.28. The first-order valence-electron chi connectivity index (χ1n) is 8.22. The van der Waals surface area contributed by atoms with Crippen molar-refractivity contribution >= 4 is 11.9 Å². The van der Waals surface area contributed by atoms with E-state index in [9.17, 15) is 9.59 Å². The first-order chi connectivity index (χ1) is 11.5. The standard InChI is InChI=1S/C18H23NO5/c1-11(20)23-17-9-13-8-15(10-16(17)19(13)2)24-18(21)12-4-6-14(22-3)7-5-12/h4-7,13,15-17H,8-10H2,1-3H3. The number of likely N-dealkylation sites (N-methyl/N-ethyl adjacent to an activating group) is 1. The van der Waals surface area contributed by atoms with Crippen LogP contribution in [0.4, 0.5) is 0 Å². The van der Waals surface area contributed by atoms with Crippen molar-refractivity contribution < 1.29 is 23.8 Å². The highest BCUT2D eigenvalue weighted by atomic mass is 16.6. The molecule has 4 atom stereocenters. The largest absolute Gasteiger partial charge is 0.497 e. The molecule has 4 unspecified atom stereocenters. The monoisotopic (exact) mass is 333 g/mol. The van der Waals surface area contributed by atoms with E-state index in [1.807, 2.05) is 7.05 Å². The van der Waals surface area contributed by atoms with Gasteiger partial charge in [-0.15, -0.1) is 0 Å². The summed E-state index contributed by atoms with van der Waals surface area (Å²) in [6.45, 7) is 1.43. The molecule has 0 aliphatic carbocycles. The van der Waals surface area contributed by atoms with E-state index in [1.54, 1.807) is 31.4 Å². The summed E-state index contributed by atoms with van der Waals surface area (Å²) in [4.78, 5) is 25.8. The van der Waals surface area contributed by atoms with Crippen LogP contribution in [0.2, 0.25) is 0 Å². The molecule has 2 aliphatic rings. The third-order valence-corrected chi connectivity index (χ3v) is 4.99. The van der Waals surface area contributed by atoms with E-state index in [-0.39, 0.29) is 36.2 Å². The van der Waals surface area contributed by atoms with Crippen LogP contribution in [0.25, 0.3) is 0 Å². The van der Waals surface area contributed by atoms with Crippen LogP contribution in [-0.2, 0) is 14.3 Å². The summed E-state index contributed by atoms with van der Waals surface area (Å²) >= 11 is 0. The predicted octanol–water partition coefficient (Wildman–Crippen LogP) is 2.02. The summed E-state index contributed by atoms with van der Waals surface area (Å²) in [7, 11) is 3.63. The molecule has 0 N–H and O–H groups in total. The van der Waals surface area contributed by atoms with Gasteiger partial charge in [0, 0.05) is 32.2 Å². The number of hydrogen-bond donors (Lipinski definition) is 0. The van der Waals surface area contributed by atoms with E-state index in [4.69, 9.17) is 14.2 Å². The number of hydrogen-bond acceptors (Lipinski definition) is 6. The molecule has 6 nitrogen and oxygen atoms in total. The van der Waals surface area contributed by atoms with Gasteiger partial charge in [-0.2, -0.15) is 0 Å². The van der Waals surface area contributed by atoms with Gasteiger partial charge in [-0.3, -0.25) is 9.69 Å². The second kappa shape index (κ2) is 6.81. The fraction of sp³-hybridized carbons (Fsp3) is 0.556. The molecule has 1 aromatic carbocycles. The van der Waals surface area contributed by atoms with E-state index >= 15 is 0 Å². The molecule has 0 aromatic heterocycles. The van der Waals surface area contributed by atoms with E-state index in [0.717, 1.165) is 12.8 Å². The number of nitrogens with zero attached hydrogens (tertiary/aromatic N) is 1. The first kappa shape index (κ1) is 16.8. The minimum absolute atomic E-state index is 0.109. The molecule has 2 aliphatic heterocycles. The molecular formula is C18H23NO5. The number of methoxy groups -OCH3 is 1. The summed E-state index contributed by atoms with van der Waals surface area (Å²) in [6.07, 6.45) is 2.00. The Morgan fingerprint density at radius 3 is 2.42 bits per heavy atom. The van der Waals surface area contributed by atoms with E-state index in [1.165, 1.54) is 6.92 Å². The van der Waals surface area contributed by atoms with E-state index in [0.29, 0.717) is 17.7 Å². The number of esters is 2. The lowest BCUT2D eigenvalue weighted by Gasteiger charge is -2.36. The summed E-state index contributed by atoms with van der Waals surface area (Å²) in [5, 5.41) is 0. The van der Waals surface area contributed by atoms with Gasteiger partial charge in [0.25, 0.3) is 0 Å². The number of benzene rings is 1. The van der Waals surface area contributed by atoms with Crippen LogP contribution in [0.3, 0.4) is 0 Å². The normalized spacial score (nSPS) is 29.1. The van der Waals surface area contributed by atoms with Crippen LogP contribution >= 0.6 is 0 Å². The van der Waals surface area contributed by atoms with E-state index < -0.39 is 0 Å². The maximum Gasteiger partial charge on any atom is 0.338 e. The van der Waals surface area contributed by atoms with Crippen molar-refractivity contribution in [3.8, 4) is 5.75 Å². The molecule has 2 heterocycles. The minimum Gasteiger partial charge on any atom is -0.497 e. The first-order valence-corrected chi connectivity index (χ1v) is 8.22. The van der Waals surface area contributed by atoms with Crippen LogP contribution in [0.5, 0.6) is 5.75 Å². The Balaban J connectivity index is 1.62. The fourth-order valence-electron chi connectivity index (χ4n) is 3.76. The number of rotatable bonds is 4. The summed E-state index contributed by atoms with van der Waals surface area (Å²) in [5.41, 5.74) is 0.513. The highest BCUT2D eigenvalue weighted by Gasteiger charge is 2.47. The molecule has 1 aromatic rings. The number of ether oxygens (including phenoxy) is 3. The van der Waals surface area contributed by atoms with Crippen molar-refractivity contribution in [2.24, 2.45) is 0 Å². The minimum atomic E-state index is -0.323. The van der Waals surface area contributed by atoms with Gasteiger partial charge in [0.05, 0.1) is 18.7 Å². The Kier molecular flexibility index (Phi) is 4.76. The van der Waals surface area contributed by atoms with Gasteiger partial charge < -0.3 is 14.2 Å². The van der Waals surface area contributed by atoms with Gasteiger partial charge in [0.2, 0.25) is 0 Å². The van der Waals surface area contributed by atoms with Crippen molar-refractivity contribution in [1.82, 2.24) is 4.90 Å². The summed E-state index contributed by atoms with van der Waals surface area (Å²) in [5.74, 6) is 0.122. The third-order valence-electron chi connectivity index (χ3n) is 4.99. The van der Waals surface area contributed by atoms with Crippen molar-refractivity contribution in [2.75, 3.05) is 14.2 Å². The lowest BCUT2D eigenvalue weighted by molar-refractivity contribution is -0.147. The van der Waals surface area contributed by atoms with Gasteiger partial charge >= 0.3 is 11.9 Å². The Labute approximate surface area is 141 Å². The highest BCUT2D eigenvalue weighted by Crippen LogP contribution is 2.37. The number of carbonyl (C=O) groups is 2. The SMILES string of the molecule is COc1ccc(C(=O)OC2CC3CC(OC(C)=O)C(C2)N3C)cc1. The molecular weight excluding hydrogens is 310 g/mol. The topological polar surface area (TPSA) is 65.1 Å². The molecule has 6 heteroatoms. The molecule has 0 spiro atoms. The highest BCUT2D eigenvalue weighted by molar-refractivity contribution is 5.89. The average Bonchev–Trinajstić information content (AvgIpc) is 2.72. The molecule has 2 saturated heterocycles. The Bertz CT molecular complexity index is 614. The molecule has 0 saturated carbocycles. The Morgan fingerprint density at radius 2 is 1.79 bits per heavy atom. The molecule has 2 bridgehead atoms. The molecule has 24 heavy (non-hydrogen) atoms. The number of carbonyl (C=O) groups excluding carboxylic acids is 2. The zero-order valence-electron chi connectivity index (χ0n) is 14.2. The predicted molar refractivity (Wildman–Crippen MR) is 86.9 cm³/mol. The maximum absolute atomic E-state index is 12.3. The van der Waals surface area contributed by atoms with Gasteiger partial charge in [-0.25, -0.2) is 4.79 Å². The lowest BCUT2D eigenvalue weighted by Crippen LogP contribution is -2.46. The van der Waals surface area contributed by atoms with Gasteiger partial charge in [-0.1, -0.05) is 0 Å².